The van der Waals surface area contributed by atoms with Gasteiger partial charge in [-0.25, -0.2) is 0 Å². The smallest absolute Gasteiger partial charge is 0.218 e. The Labute approximate surface area is 65.5 Å². The predicted molar refractivity (Wildman–Crippen MR) is 49.2 cm³/mol. The highest BCUT2D eigenvalue weighted by atomic mass is 14.4. The van der Waals surface area contributed by atoms with Crippen molar-refractivity contribution in [1.82, 2.24) is 0 Å². The molecule has 0 aliphatic carbocycles. The first kappa shape index (κ1) is 10.0. The monoisotopic (exact) mass is 141 g/mol. The maximum atomic E-state index is 5.88. The first-order valence-electron chi connectivity index (χ1n) is 4.28. The lowest BCUT2D eigenvalue weighted by Gasteiger charge is -2.11. The molecule has 0 aliphatic rings. The second kappa shape index (κ2) is 4.78. The van der Waals surface area contributed by atoms with Gasteiger partial charge in [0.2, 0.25) is 6.85 Å². The first-order valence-corrected chi connectivity index (χ1v) is 4.28. The molecule has 60 valence electrons. The second-order valence-corrected chi connectivity index (χ2v) is 4.02. The van der Waals surface area contributed by atoms with Crippen molar-refractivity contribution in [3.8, 4) is 0 Å². The van der Waals surface area contributed by atoms with Crippen LogP contribution in [0.25, 0.3) is 0 Å². The van der Waals surface area contributed by atoms with Crippen LogP contribution < -0.4 is 5.64 Å². The molecule has 0 aromatic heterocycles. The molecule has 0 aromatic rings. The summed E-state index contributed by atoms with van der Waals surface area (Å²) in [6, 6.07) is 0. The minimum Gasteiger partial charge on any atom is -0.370 e. The summed E-state index contributed by atoms with van der Waals surface area (Å²) >= 11 is 0. The largest absolute Gasteiger partial charge is 0.370 e. The van der Waals surface area contributed by atoms with E-state index in [4.69, 9.17) is 5.64 Å². The fourth-order valence-corrected chi connectivity index (χ4v) is 1.31. The molecule has 10 heavy (non-hydrogen) atoms. The maximum absolute atomic E-state index is 5.88. The molecule has 2 heteroatoms. The van der Waals surface area contributed by atoms with Crippen molar-refractivity contribution in [1.29, 1.82) is 0 Å². The van der Waals surface area contributed by atoms with Crippen LogP contribution in [-0.4, -0.2) is 6.85 Å². The zero-order valence-corrected chi connectivity index (χ0v) is 7.72. The van der Waals surface area contributed by atoms with E-state index in [1.165, 1.54) is 0 Å². The van der Waals surface area contributed by atoms with Crippen molar-refractivity contribution in [2.75, 3.05) is 0 Å². The van der Waals surface area contributed by atoms with Crippen LogP contribution in [0.1, 0.15) is 27.7 Å². The van der Waals surface area contributed by atoms with Crippen LogP contribution in [0.15, 0.2) is 0 Å². The quantitative estimate of drug-likeness (QED) is 0.597. The standard InChI is InChI=1S/C8H20BN/c1-7(2)5-9(10)6-8(3)4/h7-8H,5-6,10H2,1-4H3. The summed E-state index contributed by atoms with van der Waals surface area (Å²) in [5.41, 5.74) is 5.88. The van der Waals surface area contributed by atoms with Gasteiger partial charge in [0.05, 0.1) is 0 Å². The van der Waals surface area contributed by atoms with Crippen molar-refractivity contribution in [3.05, 3.63) is 0 Å². The van der Waals surface area contributed by atoms with Crippen LogP contribution >= 0.6 is 0 Å². The van der Waals surface area contributed by atoms with Gasteiger partial charge in [-0.3, -0.25) is 0 Å². The summed E-state index contributed by atoms with van der Waals surface area (Å²) in [5.74, 6) is 1.49. The van der Waals surface area contributed by atoms with E-state index < -0.39 is 0 Å². The highest BCUT2D eigenvalue weighted by Crippen LogP contribution is 2.09. The molecule has 0 amide bonds. The van der Waals surface area contributed by atoms with Gasteiger partial charge in [-0.15, -0.1) is 0 Å². The van der Waals surface area contributed by atoms with Crippen molar-refractivity contribution >= 4 is 6.85 Å². The van der Waals surface area contributed by atoms with Crippen LogP contribution in [0.3, 0.4) is 0 Å². The van der Waals surface area contributed by atoms with Gasteiger partial charge in [-0.05, 0) is 0 Å². The van der Waals surface area contributed by atoms with Crippen molar-refractivity contribution in [2.45, 2.75) is 40.3 Å². The minimum atomic E-state index is 0.417. The maximum Gasteiger partial charge on any atom is 0.218 e. The zero-order valence-electron chi connectivity index (χ0n) is 7.72. The molecular formula is C8H20BN. The molecule has 2 N–H and O–H groups in total. The summed E-state index contributed by atoms with van der Waals surface area (Å²) in [5, 5.41) is 0. The zero-order chi connectivity index (χ0) is 8.15. The third-order valence-electron chi connectivity index (χ3n) is 1.55. The minimum absolute atomic E-state index is 0.417. The van der Waals surface area contributed by atoms with E-state index in [-0.39, 0.29) is 0 Å². The molecule has 1 nitrogen and oxygen atoms in total. The van der Waals surface area contributed by atoms with E-state index in [9.17, 15) is 0 Å². The van der Waals surface area contributed by atoms with Gasteiger partial charge < -0.3 is 5.64 Å². The Morgan fingerprint density at radius 2 is 1.30 bits per heavy atom. The van der Waals surface area contributed by atoms with Crippen LogP contribution in [-0.2, 0) is 0 Å². The number of nitrogens with two attached hydrogens (primary N) is 1. The van der Waals surface area contributed by atoms with Crippen LogP contribution in [0.2, 0.25) is 12.6 Å². The molecule has 0 rings (SSSR count). The summed E-state index contributed by atoms with van der Waals surface area (Å²) < 4.78 is 0. The highest BCUT2D eigenvalue weighted by molar-refractivity contribution is 6.55. The normalized spacial score (nSPS) is 11.1. The Morgan fingerprint density at radius 1 is 1.00 bits per heavy atom. The fourth-order valence-electron chi connectivity index (χ4n) is 1.31. The lowest BCUT2D eigenvalue weighted by Crippen LogP contribution is -2.28. The molecule has 0 atom stereocenters. The van der Waals surface area contributed by atoms with E-state index in [0.29, 0.717) is 6.85 Å². The third-order valence-corrected chi connectivity index (χ3v) is 1.55. The molecule has 0 fully saturated rings. The van der Waals surface area contributed by atoms with E-state index in [0.717, 1.165) is 24.5 Å². The van der Waals surface area contributed by atoms with E-state index in [1.807, 2.05) is 0 Å². The third kappa shape index (κ3) is 6.15. The SMILES string of the molecule is CC(C)CB(N)CC(C)C. The fraction of sp³-hybridized carbons (Fsp3) is 1.00. The molecule has 0 saturated heterocycles. The van der Waals surface area contributed by atoms with Gasteiger partial charge in [-0.1, -0.05) is 52.2 Å². The van der Waals surface area contributed by atoms with Crippen molar-refractivity contribution in [3.63, 3.8) is 0 Å². The van der Waals surface area contributed by atoms with E-state index in [1.54, 1.807) is 0 Å². The van der Waals surface area contributed by atoms with Gasteiger partial charge in [0.25, 0.3) is 0 Å². The number of rotatable bonds is 4. The summed E-state index contributed by atoms with van der Waals surface area (Å²) in [7, 11) is 0. The Morgan fingerprint density at radius 3 is 1.50 bits per heavy atom. The number of hydrogen-bond acceptors (Lipinski definition) is 1. The molecule has 0 unspecified atom stereocenters. The molecule has 0 bridgehead atoms. The van der Waals surface area contributed by atoms with Crippen molar-refractivity contribution in [2.24, 2.45) is 17.5 Å². The molecule has 0 saturated carbocycles. The second-order valence-electron chi connectivity index (χ2n) is 4.02. The Balaban J connectivity index is 3.34. The van der Waals surface area contributed by atoms with Gasteiger partial charge in [0.15, 0.2) is 0 Å². The Hall–Kier alpha value is 0.0249. The molecule has 0 aromatic carbocycles. The first-order chi connectivity index (χ1) is 4.52. The van der Waals surface area contributed by atoms with Gasteiger partial charge in [0, 0.05) is 0 Å². The predicted octanol–water partition coefficient (Wildman–Crippen LogP) is 2.25. The van der Waals surface area contributed by atoms with Gasteiger partial charge >= 0.3 is 0 Å². The topological polar surface area (TPSA) is 26.0 Å². The lowest BCUT2D eigenvalue weighted by molar-refractivity contribution is 0.689. The van der Waals surface area contributed by atoms with Crippen LogP contribution in [0.4, 0.5) is 0 Å². The van der Waals surface area contributed by atoms with E-state index in [2.05, 4.69) is 27.7 Å². The highest BCUT2D eigenvalue weighted by Gasteiger charge is 2.11. The van der Waals surface area contributed by atoms with Crippen LogP contribution in [0, 0.1) is 11.8 Å². The molecule has 0 heterocycles. The number of hydrogen-bond donors (Lipinski definition) is 1. The average Bonchev–Trinajstić information content (AvgIpc) is 1.58. The summed E-state index contributed by atoms with van der Waals surface area (Å²) in [6.45, 7) is 9.31. The summed E-state index contributed by atoms with van der Waals surface area (Å²) in [6.07, 6.45) is 2.33. The van der Waals surface area contributed by atoms with Crippen molar-refractivity contribution < 1.29 is 0 Å². The Bertz CT molecular complexity index is 71.3. The van der Waals surface area contributed by atoms with Gasteiger partial charge in [-0.2, -0.15) is 0 Å². The van der Waals surface area contributed by atoms with E-state index >= 15 is 0 Å². The molecular weight excluding hydrogens is 121 g/mol. The molecule has 0 radical (unpaired) electrons. The average molecular weight is 141 g/mol. The Kier molecular flexibility index (Phi) is 4.79. The summed E-state index contributed by atoms with van der Waals surface area (Å²) in [4.78, 5) is 0. The lowest BCUT2D eigenvalue weighted by atomic mass is 9.53. The molecule has 0 spiro atoms. The molecule has 0 aliphatic heterocycles. The van der Waals surface area contributed by atoms with Crippen LogP contribution in [0.5, 0.6) is 0 Å². The van der Waals surface area contributed by atoms with Gasteiger partial charge in [0.1, 0.15) is 0 Å².